The van der Waals surface area contributed by atoms with Gasteiger partial charge in [0.2, 0.25) is 15.9 Å². The van der Waals surface area contributed by atoms with Crippen LogP contribution in [0.3, 0.4) is 0 Å². The van der Waals surface area contributed by atoms with Gasteiger partial charge in [0, 0.05) is 24.0 Å². The van der Waals surface area contributed by atoms with Crippen LogP contribution in [0.1, 0.15) is 18.3 Å². The molecule has 0 aliphatic heterocycles. The molecule has 0 aliphatic rings. The number of imidazole rings is 1. The average Bonchev–Trinajstić information content (AvgIpc) is 3.12. The highest BCUT2D eigenvalue weighted by Crippen LogP contribution is 2.23. The topological polar surface area (TPSA) is 84.3 Å². The molecular weight excluding hydrogens is 424 g/mol. The molecule has 2 aromatic carbocycles. The quantitative estimate of drug-likeness (QED) is 0.603. The van der Waals surface area contributed by atoms with Crippen LogP contribution in [0.15, 0.2) is 60.9 Å². The number of para-hydroxylation sites is 1. The fourth-order valence-corrected chi connectivity index (χ4v) is 4.56. The maximum Gasteiger partial charge on any atom is 0.243 e. The third-order valence-corrected chi connectivity index (χ3v) is 6.19. The van der Waals surface area contributed by atoms with Gasteiger partial charge in [0.15, 0.2) is 0 Å². The van der Waals surface area contributed by atoms with Crippen molar-refractivity contribution in [3.05, 3.63) is 77.3 Å². The molecule has 0 spiro atoms. The molecule has 0 saturated heterocycles. The highest BCUT2D eigenvalue weighted by atomic mass is 35.5. The Bertz CT molecular complexity index is 1140. The van der Waals surface area contributed by atoms with Crippen LogP contribution in [0.4, 0.5) is 5.69 Å². The van der Waals surface area contributed by atoms with Gasteiger partial charge in [-0.2, -0.15) is 0 Å². The first kappa shape index (κ1) is 21.9. The van der Waals surface area contributed by atoms with Gasteiger partial charge < -0.3 is 9.88 Å². The number of sulfonamides is 1. The zero-order chi connectivity index (χ0) is 21.9. The Morgan fingerprint density at radius 1 is 1.20 bits per heavy atom. The fraction of sp³-hybridized carbons (Fsp3) is 0.238. The smallest absolute Gasteiger partial charge is 0.243 e. The number of hydrogen-bond acceptors (Lipinski definition) is 4. The van der Waals surface area contributed by atoms with E-state index in [9.17, 15) is 13.2 Å². The first-order chi connectivity index (χ1) is 14.2. The lowest BCUT2D eigenvalue weighted by Crippen LogP contribution is -2.47. The van der Waals surface area contributed by atoms with Crippen LogP contribution in [-0.4, -0.2) is 36.2 Å². The lowest BCUT2D eigenvalue weighted by molar-refractivity contribution is -0.122. The standard InChI is InChI=1S/C21H23ClN4O3S/c1-15(26(30(3,28)29)19-10-8-18(22)9-11-19)21(27)24-14-17-6-4-5-7-20(17)25-13-12-23-16(25)2/h4-13,15H,14H2,1-3H3,(H,24,27)/t15-/m0/s1. The lowest BCUT2D eigenvalue weighted by Gasteiger charge is -2.28. The zero-order valence-electron chi connectivity index (χ0n) is 16.9. The molecule has 0 bridgehead atoms. The number of aryl methyl sites for hydroxylation is 1. The van der Waals surface area contributed by atoms with Gasteiger partial charge in [-0.3, -0.25) is 9.10 Å². The molecule has 0 aliphatic carbocycles. The van der Waals surface area contributed by atoms with Crippen molar-refractivity contribution in [3.63, 3.8) is 0 Å². The van der Waals surface area contributed by atoms with Crippen LogP contribution >= 0.6 is 11.6 Å². The molecule has 0 fully saturated rings. The second-order valence-electron chi connectivity index (χ2n) is 6.90. The number of amides is 1. The molecule has 1 amide bonds. The van der Waals surface area contributed by atoms with Crippen molar-refractivity contribution in [1.29, 1.82) is 0 Å². The Hall–Kier alpha value is -2.84. The number of aromatic nitrogens is 2. The van der Waals surface area contributed by atoms with E-state index in [2.05, 4.69) is 10.3 Å². The summed E-state index contributed by atoms with van der Waals surface area (Å²) in [7, 11) is -3.69. The van der Waals surface area contributed by atoms with E-state index in [1.807, 2.05) is 42.0 Å². The summed E-state index contributed by atoms with van der Waals surface area (Å²) in [5, 5.41) is 3.33. The molecule has 0 unspecified atom stereocenters. The Labute approximate surface area is 181 Å². The van der Waals surface area contributed by atoms with Gasteiger partial charge >= 0.3 is 0 Å². The molecule has 158 valence electrons. The van der Waals surface area contributed by atoms with Crippen LogP contribution in [-0.2, 0) is 21.4 Å². The number of rotatable bonds is 7. The molecule has 30 heavy (non-hydrogen) atoms. The van der Waals surface area contributed by atoms with E-state index < -0.39 is 22.0 Å². The normalized spacial score (nSPS) is 12.4. The molecule has 3 aromatic rings. The summed E-state index contributed by atoms with van der Waals surface area (Å²) in [5.41, 5.74) is 2.16. The SMILES string of the molecule is Cc1nccn1-c1ccccc1CNC(=O)[C@H](C)N(c1ccc(Cl)cc1)S(C)(=O)=O. The maximum absolute atomic E-state index is 12.8. The highest BCUT2D eigenvalue weighted by Gasteiger charge is 2.29. The first-order valence-corrected chi connectivity index (χ1v) is 11.5. The number of anilines is 1. The van der Waals surface area contributed by atoms with Gasteiger partial charge in [-0.25, -0.2) is 13.4 Å². The minimum atomic E-state index is -3.69. The lowest BCUT2D eigenvalue weighted by atomic mass is 10.1. The van der Waals surface area contributed by atoms with E-state index in [1.54, 1.807) is 37.4 Å². The molecular formula is C21H23ClN4O3S. The number of nitrogens with zero attached hydrogens (tertiary/aromatic N) is 3. The third-order valence-electron chi connectivity index (χ3n) is 4.70. The van der Waals surface area contributed by atoms with Crippen molar-refractivity contribution >= 4 is 33.2 Å². The molecule has 0 saturated carbocycles. The summed E-state index contributed by atoms with van der Waals surface area (Å²) in [5.74, 6) is 0.417. The largest absolute Gasteiger partial charge is 0.350 e. The number of nitrogens with one attached hydrogen (secondary N) is 1. The minimum Gasteiger partial charge on any atom is -0.350 e. The number of carbonyl (C=O) groups excluding carboxylic acids is 1. The van der Waals surface area contributed by atoms with Crippen molar-refractivity contribution < 1.29 is 13.2 Å². The van der Waals surface area contributed by atoms with E-state index in [0.717, 1.165) is 27.6 Å². The molecule has 1 heterocycles. The molecule has 1 atom stereocenters. The summed E-state index contributed by atoms with van der Waals surface area (Å²) >= 11 is 5.90. The van der Waals surface area contributed by atoms with Gasteiger partial charge in [0.25, 0.3) is 0 Å². The van der Waals surface area contributed by atoms with E-state index in [1.165, 1.54) is 0 Å². The third kappa shape index (κ3) is 4.83. The number of benzene rings is 2. The van der Waals surface area contributed by atoms with Gasteiger partial charge in [-0.1, -0.05) is 29.8 Å². The van der Waals surface area contributed by atoms with Gasteiger partial charge in [-0.15, -0.1) is 0 Å². The predicted molar refractivity (Wildman–Crippen MR) is 118 cm³/mol. The summed E-state index contributed by atoms with van der Waals surface area (Å²) in [6.07, 6.45) is 4.63. The maximum atomic E-state index is 12.8. The number of hydrogen-bond donors (Lipinski definition) is 1. The second-order valence-corrected chi connectivity index (χ2v) is 9.20. The van der Waals surface area contributed by atoms with Gasteiger partial charge in [0.05, 0.1) is 17.6 Å². The first-order valence-electron chi connectivity index (χ1n) is 9.29. The van der Waals surface area contributed by atoms with Crippen LogP contribution in [0.25, 0.3) is 5.69 Å². The van der Waals surface area contributed by atoms with E-state index in [-0.39, 0.29) is 6.54 Å². The molecule has 9 heteroatoms. The number of carbonyl (C=O) groups is 1. The molecule has 3 rings (SSSR count). The Morgan fingerprint density at radius 3 is 2.47 bits per heavy atom. The average molecular weight is 447 g/mol. The predicted octanol–water partition coefficient (Wildman–Crippen LogP) is 3.31. The Morgan fingerprint density at radius 2 is 1.87 bits per heavy atom. The fourth-order valence-electron chi connectivity index (χ4n) is 3.25. The summed E-state index contributed by atoms with van der Waals surface area (Å²) < 4.78 is 27.8. The molecule has 7 nitrogen and oxygen atoms in total. The summed E-state index contributed by atoms with van der Waals surface area (Å²) in [6.45, 7) is 3.69. The Kier molecular flexibility index (Phi) is 6.48. The van der Waals surface area contributed by atoms with Crippen LogP contribution in [0.2, 0.25) is 5.02 Å². The Balaban J connectivity index is 1.80. The summed E-state index contributed by atoms with van der Waals surface area (Å²) in [4.78, 5) is 17.1. The van der Waals surface area contributed by atoms with E-state index >= 15 is 0 Å². The van der Waals surface area contributed by atoms with Gasteiger partial charge in [0.1, 0.15) is 11.9 Å². The van der Waals surface area contributed by atoms with Gasteiger partial charge in [-0.05, 0) is 49.7 Å². The minimum absolute atomic E-state index is 0.245. The van der Waals surface area contributed by atoms with Crippen molar-refractivity contribution in [3.8, 4) is 5.69 Å². The van der Waals surface area contributed by atoms with Crippen molar-refractivity contribution in [2.45, 2.75) is 26.4 Å². The number of halogens is 1. The van der Waals surface area contributed by atoms with Crippen molar-refractivity contribution in [2.75, 3.05) is 10.6 Å². The van der Waals surface area contributed by atoms with Crippen molar-refractivity contribution in [2.24, 2.45) is 0 Å². The molecule has 1 aromatic heterocycles. The van der Waals surface area contributed by atoms with E-state index in [4.69, 9.17) is 11.6 Å². The van der Waals surface area contributed by atoms with Crippen LogP contribution in [0.5, 0.6) is 0 Å². The van der Waals surface area contributed by atoms with E-state index in [0.29, 0.717) is 10.7 Å². The molecule has 1 N–H and O–H groups in total. The second kappa shape index (κ2) is 8.89. The van der Waals surface area contributed by atoms with Crippen LogP contribution in [0, 0.1) is 6.92 Å². The zero-order valence-corrected chi connectivity index (χ0v) is 18.5. The van der Waals surface area contributed by atoms with Crippen molar-refractivity contribution in [1.82, 2.24) is 14.9 Å². The molecule has 0 radical (unpaired) electrons. The summed E-state index contributed by atoms with van der Waals surface area (Å²) in [6, 6.07) is 13.0. The van der Waals surface area contributed by atoms with Crippen LogP contribution < -0.4 is 9.62 Å². The highest BCUT2D eigenvalue weighted by molar-refractivity contribution is 7.92. The monoisotopic (exact) mass is 446 g/mol.